The fraction of sp³-hybridized carbons (Fsp3) is 0.250. The second kappa shape index (κ2) is 3.61. The van der Waals surface area contributed by atoms with Crippen LogP contribution >= 0.6 is 0 Å². The van der Waals surface area contributed by atoms with Gasteiger partial charge in [0.2, 0.25) is 0 Å². The summed E-state index contributed by atoms with van der Waals surface area (Å²) in [5.74, 6) is -0.241. The van der Waals surface area contributed by atoms with Crippen molar-refractivity contribution >= 4 is 16.7 Å². The lowest BCUT2D eigenvalue weighted by Crippen LogP contribution is -2.10. The van der Waals surface area contributed by atoms with Gasteiger partial charge in [-0.25, -0.2) is 0 Å². The number of ketones is 1. The summed E-state index contributed by atoms with van der Waals surface area (Å²) in [7, 11) is 1.34. The molecule has 5 heteroatoms. The third-order valence-corrected chi connectivity index (χ3v) is 2.76. The molecule has 1 aromatic heterocycles. The molecule has 1 heterocycles. The molecule has 2 aromatic rings. The Morgan fingerprint density at radius 2 is 1.94 bits per heavy atom. The summed E-state index contributed by atoms with van der Waals surface area (Å²) >= 11 is 0. The van der Waals surface area contributed by atoms with Crippen LogP contribution in [-0.2, 0) is 13.2 Å². The van der Waals surface area contributed by atoms with Crippen LogP contribution in [0.3, 0.4) is 0 Å². The van der Waals surface area contributed by atoms with Crippen LogP contribution in [0.4, 0.5) is 13.2 Å². The Hall–Kier alpha value is -1.78. The van der Waals surface area contributed by atoms with Gasteiger partial charge in [0.15, 0.2) is 5.78 Å². The maximum Gasteiger partial charge on any atom is 0.431 e. The van der Waals surface area contributed by atoms with Crippen LogP contribution in [0.5, 0.6) is 0 Å². The zero-order valence-electron chi connectivity index (χ0n) is 9.30. The number of alkyl halides is 3. The molecule has 0 atom stereocenters. The maximum atomic E-state index is 12.7. The normalized spacial score (nSPS) is 12.1. The van der Waals surface area contributed by atoms with E-state index in [9.17, 15) is 18.0 Å². The average Bonchev–Trinajstić information content (AvgIpc) is 2.55. The molecule has 90 valence electrons. The zero-order valence-corrected chi connectivity index (χ0v) is 9.30. The van der Waals surface area contributed by atoms with Gasteiger partial charge in [-0.15, -0.1) is 0 Å². The Balaban J connectivity index is 2.82. The molecule has 0 fully saturated rings. The number of carbonyl (C=O) groups is 1. The first kappa shape index (κ1) is 11.7. The topological polar surface area (TPSA) is 22.0 Å². The van der Waals surface area contributed by atoms with E-state index in [1.54, 1.807) is 12.1 Å². The number of hydrogen-bond donors (Lipinski definition) is 0. The monoisotopic (exact) mass is 241 g/mol. The Morgan fingerprint density at radius 3 is 2.47 bits per heavy atom. The summed E-state index contributed by atoms with van der Waals surface area (Å²) in [5, 5.41) is 0.342. The smallest absolute Gasteiger partial charge is 0.340 e. The minimum Gasteiger partial charge on any atom is -0.340 e. The number of fused-ring (bicyclic) bond motifs is 1. The molecule has 0 spiro atoms. The first-order valence-corrected chi connectivity index (χ1v) is 4.99. The number of Topliss-reactive ketones (excluding diaryl/α,β-unsaturated/α-hetero) is 1. The molecule has 0 unspecified atom stereocenters. The van der Waals surface area contributed by atoms with Gasteiger partial charge in [-0.05, 0) is 19.1 Å². The van der Waals surface area contributed by atoms with Crippen molar-refractivity contribution in [3.05, 3.63) is 35.5 Å². The Kier molecular flexibility index (Phi) is 2.49. The van der Waals surface area contributed by atoms with Crippen molar-refractivity contribution in [2.24, 2.45) is 7.05 Å². The molecule has 0 aliphatic rings. The first-order chi connectivity index (χ1) is 7.82. The molecule has 0 bridgehead atoms. The second-order valence-corrected chi connectivity index (χ2v) is 3.88. The third-order valence-electron chi connectivity index (χ3n) is 2.76. The number of aryl methyl sites for hydroxylation is 1. The highest BCUT2D eigenvalue weighted by atomic mass is 19.4. The predicted octanol–water partition coefficient (Wildman–Crippen LogP) is 3.40. The van der Waals surface area contributed by atoms with Crippen LogP contribution in [0.25, 0.3) is 10.9 Å². The van der Waals surface area contributed by atoms with Gasteiger partial charge >= 0.3 is 6.18 Å². The number of rotatable bonds is 1. The van der Waals surface area contributed by atoms with E-state index in [0.29, 0.717) is 16.5 Å². The lowest BCUT2D eigenvalue weighted by molar-refractivity contribution is -0.142. The summed E-state index contributed by atoms with van der Waals surface area (Å²) in [4.78, 5) is 11.3. The van der Waals surface area contributed by atoms with Gasteiger partial charge in [-0.1, -0.05) is 12.1 Å². The van der Waals surface area contributed by atoms with E-state index >= 15 is 0 Å². The van der Waals surface area contributed by atoms with Crippen molar-refractivity contribution in [2.45, 2.75) is 13.1 Å². The summed E-state index contributed by atoms with van der Waals surface area (Å²) in [6, 6.07) is 5.70. The van der Waals surface area contributed by atoms with E-state index in [0.717, 1.165) is 10.6 Å². The number of carbonyl (C=O) groups excluding carboxylic acids is 1. The molecule has 1 aromatic carbocycles. The summed E-state index contributed by atoms with van der Waals surface area (Å²) < 4.78 is 39.2. The summed E-state index contributed by atoms with van der Waals surface area (Å²) in [6.45, 7) is 1.34. The van der Waals surface area contributed by atoms with Gasteiger partial charge in [-0.2, -0.15) is 13.2 Å². The van der Waals surface area contributed by atoms with E-state index in [2.05, 4.69) is 0 Å². The number of benzene rings is 1. The second-order valence-electron chi connectivity index (χ2n) is 3.88. The lowest BCUT2D eigenvalue weighted by atomic mass is 10.1. The molecular weight excluding hydrogens is 231 g/mol. The van der Waals surface area contributed by atoms with E-state index in [-0.39, 0.29) is 5.78 Å². The molecule has 0 aliphatic carbocycles. The van der Waals surface area contributed by atoms with Crippen molar-refractivity contribution in [3.63, 3.8) is 0 Å². The lowest BCUT2D eigenvalue weighted by Gasteiger charge is -2.07. The molecular formula is C12H10F3NO. The highest BCUT2D eigenvalue weighted by molar-refractivity contribution is 6.06. The van der Waals surface area contributed by atoms with Gasteiger partial charge in [0, 0.05) is 23.5 Å². The molecule has 0 aliphatic heterocycles. The number of halogens is 3. The van der Waals surface area contributed by atoms with Crippen molar-refractivity contribution in [1.82, 2.24) is 4.57 Å². The van der Waals surface area contributed by atoms with Crippen LogP contribution in [0.15, 0.2) is 24.3 Å². The summed E-state index contributed by atoms with van der Waals surface area (Å²) in [5.41, 5.74) is -0.0279. The molecule has 0 N–H and O–H groups in total. The number of hydrogen-bond acceptors (Lipinski definition) is 1. The Bertz CT molecular complexity index is 596. The third kappa shape index (κ3) is 1.81. The highest BCUT2D eigenvalue weighted by Crippen LogP contribution is 2.34. The Morgan fingerprint density at radius 1 is 1.29 bits per heavy atom. The SMILES string of the molecule is CC(=O)c1cccc2c1cc(C(F)(F)F)n2C. The van der Waals surface area contributed by atoms with Gasteiger partial charge in [0.1, 0.15) is 5.69 Å². The minimum absolute atomic E-state index is 0.241. The van der Waals surface area contributed by atoms with Crippen LogP contribution in [0, 0.1) is 0 Å². The van der Waals surface area contributed by atoms with Crippen LogP contribution < -0.4 is 0 Å². The number of nitrogens with zero attached hydrogens (tertiary/aromatic N) is 1. The molecule has 2 rings (SSSR count). The van der Waals surface area contributed by atoms with E-state index < -0.39 is 11.9 Å². The number of aromatic nitrogens is 1. The summed E-state index contributed by atoms with van der Waals surface area (Å²) in [6.07, 6.45) is -4.41. The standard InChI is InChI=1S/C12H10F3NO/c1-7(17)8-4-3-5-10-9(8)6-11(16(10)2)12(13,14)15/h3-6H,1-2H3. The molecule has 17 heavy (non-hydrogen) atoms. The van der Waals surface area contributed by atoms with Crippen LogP contribution in [-0.4, -0.2) is 10.4 Å². The zero-order chi connectivity index (χ0) is 12.8. The van der Waals surface area contributed by atoms with Gasteiger partial charge < -0.3 is 4.57 Å². The fourth-order valence-electron chi connectivity index (χ4n) is 1.94. The molecule has 0 amide bonds. The van der Waals surface area contributed by atoms with E-state index in [4.69, 9.17) is 0 Å². The van der Waals surface area contributed by atoms with E-state index in [1.807, 2.05) is 0 Å². The molecule has 0 saturated carbocycles. The van der Waals surface area contributed by atoms with Crippen molar-refractivity contribution < 1.29 is 18.0 Å². The van der Waals surface area contributed by atoms with Crippen molar-refractivity contribution in [3.8, 4) is 0 Å². The molecule has 0 radical (unpaired) electrons. The highest BCUT2D eigenvalue weighted by Gasteiger charge is 2.34. The van der Waals surface area contributed by atoms with Gasteiger partial charge in [-0.3, -0.25) is 4.79 Å². The van der Waals surface area contributed by atoms with Gasteiger partial charge in [0.25, 0.3) is 0 Å². The maximum absolute atomic E-state index is 12.7. The van der Waals surface area contributed by atoms with Crippen LogP contribution in [0.2, 0.25) is 0 Å². The van der Waals surface area contributed by atoms with Gasteiger partial charge in [0.05, 0.1) is 0 Å². The fourth-order valence-corrected chi connectivity index (χ4v) is 1.94. The average molecular weight is 241 g/mol. The molecule has 2 nitrogen and oxygen atoms in total. The van der Waals surface area contributed by atoms with Crippen molar-refractivity contribution in [1.29, 1.82) is 0 Å². The minimum atomic E-state index is -4.41. The van der Waals surface area contributed by atoms with E-state index in [1.165, 1.54) is 20.0 Å². The van der Waals surface area contributed by atoms with Crippen molar-refractivity contribution in [2.75, 3.05) is 0 Å². The van der Waals surface area contributed by atoms with Crippen LogP contribution in [0.1, 0.15) is 23.0 Å². The molecule has 0 saturated heterocycles. The largest absolute Gasteiger partial charge is 0.431 e. The predicted molar refractivity (Wildman–Crippen MR) is 57.9 cm³/mol. The quantitative estimate of drug-likeness (QED) is 0.701. The Labute approximate surface area is 95.7 Å². The first-order valence-electron chi connectivity index (χ1n) is 4.99.